The second-order valence-corrected chi connectivity index (χ2v) is 5.56. The molecule has 0 bridgehead atoms. The van der Waals surface area contributed by atoms with Gasteiger partial charge in [-0.2, -0.15) is 13.2 Å². The third-order valence-electron chi connectivity index (χ3n) is 3.02. The first-order valence-electron chi connectivity index (χ1n) is 5.80. The Morgan fingerprint density at radius 1 is 1.22 bits per heavy atom. The summed E-state index contributed by atoms with van der Waals surface area (Å²) in [5.74, 6) is 0.481. The SMILES string of the molecule is CC(C)(C)C1CNc2cc(C(F)(F)F)ccc2O1. The standard InChI is InChI=1S/C13H16F3NO/c1-12(2,3)11-7-17-9-6-8(13(14,15)16)4-5-10(9)18-11/h4-6,11,17H,7H2,1-3H3. The van der Waals surface area contributed by atoms with Crippen molar-refractivity contribution in [1.82, 2.24) is 0 Å². The molecule has 2 rings (SSSR count). The number of nitrogens with one attached hydrogen (secondary N) is 1. The Kier molecular flexibility index (Phi) is 2.95. The number of fused-ring (bicyclic) bond motifs is 1. The third kappa shape index (κ3) is 2.54. The topological polar surface area (TPSA) is 21.3 Å². The van der Waals surface area contributed by atoms with E-state index in [0.29, 0.717) is 18.0 Å². The molecule has 0 saturated carbocycles. The second-order valence-electron chi connectivity index (χ2n) is 5.56. The summed E-state index contributed by atoms with van der Waals surface area (Å²) in [6, 6.07) is 3.52. The molecule has 100 valence electrons. The van der Waals surface area contributed by atoms with Crippen molar-refractivity contribution in [2.75, 3.05) is 11.9 Å². The predicted octanol–water partition coefficient (Wildman–Crippen LogP) is 3.92. The van der Waals surface area contributed by atoms with Crippen molar-refractivity contribution in [3.63, 3.8) is 0 Å². The summed E-state index contributed by atoms with van der Waals surface area (Å²) in [5.41, 5.74) is -0.315. The number of hydrogen-bond acceptors (Lipinski definition) is 2. The average molecular weight is 259 g/mol. The van der Waals surface area contributed by atoms with Gasteiger partial charge in [0.15, 0.2) is 0 Å². The van der Waals surface area contributed by atoms with Gasteiger partial charge in [-0.1, -0.05) is 20.8 Å². The monoisotopic (exact) mass is 259 g/mol. The highest BCUT2D eigenvalue weighted by atomic mass is 19.4. The number of anilines is 1. The lowest BCUT2D eigenvalue weighted by atomic mass is 9.88. The molecule has 1 heterocycles. The van der Waals surface area contributed by atoms with Crippen molar-refractivity contribution in [3.05, 3.63) is 23.8 Å². The normalized spacial score (nSPS) is 19.8. The molecule has 0 aliphatic carbocycles. The second kappa shape index (κ2) is 4.07. The molecule has 0 saturated heterocycles. The van der Waals surface area contributed by atoms with E-state index in [0.717, 1.165) is 12.1 Å². The van der Waals surface area contributed by atoms with E-state index in [1.165, 1.54) is 6.07 Å². The van der Waals surface area contributed by atoms with E-state index in [2.05, 4.69) is 5.32 Å². The molecule has 5 heteroatoms. The molecular formula is C13H16F3NO. The number of hydrogen-bond donors (Lipinski definition) is 1. The molecule has 1 aromatic rings. The van der Waals surface area contributed by atoms with Crippen molar-refractivity contribution in [3.8, 4) is 5.75 Å². The fourth-order valence-corrected chi connectivity index (χ4v) is 1.83. The van der Waals surface area contributed by atoms with Gasteiger partial charge < -0.3 is 10.1 Å². The van der Waals surface area contributed by atoms with E-state index in [9.17, 15) is 13.2 Å². The van der Waals surface area contributed by atoms with E-state index < -0.39 is 11.7 Å². The first-order valence-corrected chi connectivity index (χ1v) is 5.80. The first kappa shape index (κ1) is 13.1. The molecule has 0 spiro atoms. The average Bonchev–Trinajstić information content (AvgIpc) is 2.25. The van der Waals surface area contributed by atoms with E-state index in [4.69, 9.17) is 4.74 Å². The summed E-state index contributed by atoms with van der Waals surface area (Å²) in [7, 11) is 0. The van der Waals surface area contributed by atoms with Gasteiger partial charge in [0.1, 0.15) is 11.9 Å². The van der Waals surface area contributed by atoms with Crippen LogP contribution in [0.25, 0.3) is 0 Å². The fraction of sp³-hybridized carbons (Fsp3) is 0.538. The molecule has 0 aromatic heterocycles. The summed E-state index contributed by atoms with van der Waals surface area (Å²) in [6.07, 6.45) is -4.38. The predicted molar refractivity (Wildman–Crippen MR) is 63.8 cm³/mol. The Morgan fingerprint density at radius 2 is 1.89 bits per heavy atom. The Hall–Kier alpha value is -1.39. The maximum Gasteiger partial charge on any atom is 0.416 e. The van der Waals surface area contributed by atoms with Gasteiger partial charge in [0.05, 0.1) is 17.8 Å². The van der Waals surface area contributed by atoms with Crippen LogP contribution in [0.3, 0.4) is 0 Å². The maximum absolute atomic E-state index is 12.6. The highest BCUT2D eigenvalue weighted by Crippen LogP contribution is 2.38. The summed E-state index contributed by atoms with van der Waals surface area (Å²) >= 11 is 0. The molecule has 1 unspecified atom stereocenters. The van der Waals surface area contributed by atoms with Crippen LogP contribution in [0.1, 0.15) is 26.3 Å². The van der Waals surface area contributed by atoms with Crippen LogP contribution in [-0.4, -0.2) is 12.6 Å². The minimum Gasteiger partial charge on any atom is -0.486 e. The lowest BCUT2D eigenvalue weighted by molar-refractivity contribution is -0.137. The minimum atomic E-state index is -4.32. The molecule has 0 fully saturated rings. The summed E-state index contributed by atoms with van der Waals surface area (Å²) in [4.78, 5) is 0. The Labute approximate surface area is 104 Å². The zero-order valence-corrected chi connectivity index (χ0v) is 10.6. The summed E-state index contributed by atoms with van der Waals surface area (Å²) in [6.45, 7) is 6.62. The van der Waals surface area contributed by atoms with Crippen molar-refractivity contribution < 1.29 is 17.9 Å². The zero-order chi connectivity index (χ0) is 13.6. The van der Waals surface area contributed by atoms with Crippen LogP contribution in [0.2, 0.25) is 0 Å². The van der Waals surface area contributed by atoms with Crippen molar-refractivity contribution in [1.29, 1.82) is 0 Å². The fourth-order valence-electron chi connectivity index (χ4n) is 1.83. The van der Waals surface area contributed by atoms with Crippen molar-refractivity contribution in [2.24, 2.45) is 5.41 Å². The lowest BCUT2D eigenvalue weighted by Gasteiger charge is -2.36. The summed E-state index contributed by atoms with van der Waals surface area (Å²) in [5, 5.41) is 3.01. The molecule has 1 aromatic carbocycles. The van der Waals surface area contributed by atoms with Gasteiger partial charge >= 0.3 is 6.18 Å². The minimum absolute atomic E-state index is 0.0539. The van der Waals surface area contributed by atoms with Gasteiger partial charge in [-0.25, -0.2) is 0 Å². The Balaban J connectivity index is 2.27. The Morgan fingerprint density at radius 3 is 2.44 bits per heavy atom. The van der Waals surface area contributed by atoms with E-state index in [1.807, 2.05) is 20.8 Å². The molecule has 1 aliphatic heterocycles. The van der Waals surface area contributed by atoms with Gasteiger partial charge in [0.25, 0.3) is 0 Å². The lowest BCUT2D eigenvalue weighted by Crippen LogP contribution is -2.41. The molecule has 1 N–H and O–H groups in total. The van der Waals surface area contributed by atoms with E-state index in [-0.39, 0.29) is 11.5 Å². The van der Waals surface area contributed by atoms with Gasteiger partial charge in [-0.05, 0) is 18.2 Å². The van der Waals surface area contributed by atoms with Gasteiger partial charge in [-0.3, -0.25) is 0 Å². The van der Waals surface area contributed by atoms with Crippen LogP contribution in [-0.2, 0) is 6.18 Å². The number of halogens is 3. The smallest absolute Gasteiger partial charge is 0.416 e. The maximum atomic E-state index is 12.6. The van der Waals surface area contributed by atoms with E-state index in [1.54, 1.807) is 0 Å². The highest BCUT2D eigenvalue weighted by molar-refractivity contribution is 5.60. The molecule has 0 amide bonds. The molecule has 18 heavy (non-hydrogen) atoms. The van der Waals surface area contributed by atoms with Crippen LogP contribution in [0.4, 0.5) is 18.9 Å². The van der Waals surface area contributed by atoms with Crippen molar-refractivity contribution in [2.45, 2.75) is 33.1 Å². The van der Waals surface area contributed by atoms with Gasteiger partial charge in [-0.15, -0.1) is 0 Å². The molecule has 0 radical (unpaired) electrons. The zero-order valence-electron chi connectivity index (χ0n) is 10.6. The first-order chi connectivity index (χ1) is 8.18. The quantitative estimate of drug-likeness (QED) is 0.762. The molecule has 1 atom stereocenters. The highest BCUT2D eigenvalue weighted by Gasteiger charge is 2.34. The summed E-state index contributed by atoms with van der Waals surface area (Å²) < 4.78 is 43.4. The largest absolute Gasteiger partial charge is 0.486 e. The van der Waals surface area contributed by atoms with Gasteiger partial charge in [0, 0.05) is 5.41 Å². The van der Waals surface area contributed by atoms with Crippen LogP contribution in [0, 0.1) is 5.41 Å². The van der Waals surface area contributed by atoms with Crippen LogP contribution < -0.4 is 10.1 Å². The number of benzene rings is 1. The van der Waals surface area contributed by atoms with Crippen LogP contribution in [0.5, 0.6) is 5.75 Å². The van der Waals surface area contributed by atoms with Crippen molar-refractivity contribution >= 4 is 5.69 Å². The van der Waals surface area contributed by atoms with Crippen LogP contribution in [0.15, 0.2) is 18.2 Å². The Bertz CT molecular complexity index is 449. The van der Waals surface area contributed by atoms with Crippen LogP contribution >= 0.6 is 0 Å². The molecular weight excluding hydrogens is 243 g/mol. The molecule has 2 nitrogen and oxygen atoms in total. The third-order valence-corrected chi connectivity index (χ3v) is 3.02. The van der Waals surface area contributed by atoms with Gasteiger partial charge in [0.2, 0.25) is 0 Å². The van der Waals surface area contributed by atoms with E-state index >= 15 is 0 Å². The molecule has 1 aliphatic rings. The number of ether oxygens (including phenoxy) is 1. The number of alkyl halides is 3. The number of rotatable bonds is 0.